The van der Waals surface area contributed by atoms with E-state index in [-0.39, 0.29) is 11.7 Å². The summed E-state index contributed by atoms with van der Waals surface area (Å²) in [5.74, 6) is -0.159. The summed E-state index contributed by atoms with van der Waals surface area (Å²) >= 11 is 3.37. The van der Waals surface area contributed by atoms with Gasteiger partial charge >= 0.3 is 0 Å². The van der Waals surface area contributed by atoms with Crippen LogP contribution in [-0.4, -0.2) is 17.0 Å². The third kappa shape index (κ3) is 3.61. The Morgan fingerprint density at radius 3 is 2.48 bits per heavy atom. The quantitative estimate of drug-likeness (QED) is 0.345. The molecule has 2 rings (SSSR count). The molecular weight excluding hydrogens is 334 g/mol. The van der Waals surface area contributed by atoms with Gasteiger partial charge in [-0.15, -0.1) is 0 Å². The third-order valence-electron chi connectivity index (χ3n) is 2.98. The Morgan fingerprint density at radius 1 is 1.24 bits per heavy atom. The molecule has 0 aliphatic carbocycles. The number of carbonyl (C=O) groups is 1. The van der Waals surface area contributed by atoms with E-state index in [2.05, 4.69) is 26.4 Å². The largest absolute Gasteiger partial charge is 0.409 e. The minimum Gasteiger partial charge on any atom is -0.409 e. The van der Waals surface area contributed by atoms with Crippen molar-refractivity contribution in [1.29, 1.82) is 0 Å². The fourth-order valence-electron chi connectivity index (χ4n) is 1.86. The van der Waals surface area contributed by atoms with Gasteiger partial charge in [-0.2, -0.15) is 0 Å². The fourth-order valence-corrected chi connectivity index (χ4v) is 2.34. The highest BCUT2D eigenvalue weighted by Crippen LogP contribution is 2.18. The molecule has 0 heterocycles. The number of amides is 1. The Hall–Kier alpha value is -2.34. The van der Waals surface area contributed by atoms with Crippen LogP contribution in [0.2, 0.25) is 0 Å². The van der Waals surface area contributed by atoms with Crippen molar-refractivity contribution in [2.45, 2.75) is 6.92 Å². The lowest BCUT2D eigenvalue weighted by Crippen LogP contribution is -2.15. The van der Waals surface area contributed by atoms with E-state index in [1.807, 2.05) is 19.1 Å². The Kier molecular flexibility index (Phi) is 4.59. The van der Waals surface area contributed by atoms with Crippen LogP contribution < -0.4 is 11.1 Å². The summed E-state index contributed by atoms with van der Waals surface area (Å²) in [6, 6.07) is 12.2. The van der Waals surface area contributed by atoms with Gasteiger partial charge in [0.2, 0.25) is 0 Å². The van der Waals surface area contributed by atoms with E-state index < -0.39 is 0 Å². The van der Waals surface area contributed by atoms with E-state index in [0.717, 1.165) is 10.0 Å². The van der Waals surface area contributed by atoms with Crippen LogP contribution in [0.25, 0.3) is 0 Å². The highest BCUT2D eigenvalue weighted by Gasteiger charge is 2.09. The number of hydrogen-bond donors (Lipinski definition) is 3. The van der Waals surface area contributed by atoms with Gasteiger partial charge in [0, 0.05) is 21.3 Å². The van der Waals surface area contributed by atoms with Crippen LogP contribution in [0.3, 0.4) is 0 Å². The number of carbonyl (C=O) groups excluding carboxylic acids is 1. The monoisotopic (exact) mass is 347 g/mol. The molecule has 0 fully saturated rings. The van der Waals surface area contributed by atoms with Gasteiger partial charge in [0.15, 0.2) is 5.84 Å². The Morgan fingerprint density at radius 2 is 1.90 bits per heavy atom. The molecule has 5 nitrogen and oxygen atoms in total. The van der Waals surface area contributed by atoms with Crippen molar-refractivity contribution < 1.29 is 10.0 Å². The summed E-state index contributed by atoms with van der Waals surface area (Å²) in [5, 5.41) is 14.3. The lowest BCUT2D eigenvalue weighted by Gasteiger charge is -2.08. The number of hydrogen-bond acceptors (Lipinski definition) is 3. The number of nitrogens with one attached hydrogen (secondary N) is 1. The first-order valence-electron chi connectivity index (χ1n) is 6.16. The van der Waals surface area contributed by atoms with E-state index in [1.54, 1.807) is 30.3 Å². The summed E-state index contributed by atoms with van der Waals surface area (Å²) in [5.41, 5.74) is 8.19. The Labute approximate surface area is 130 Å². The smallest absolute Gasteiger partial charge is 0.255 e. The van der Waals surface area contributed by atoms with Gasteiger partial charge in [0.05, 0.1) is 0 Å². The SMILES string of the molecule is Cc1cc(Br)ccc1C(=O)Nc1ccc(/C(N)=N/O)cc1. The van der Waals surface area contributed by atoms with E-state index >= 15 is 0 Å². The number of rotatable bonds is 3. The van der Waals surface area contributed by atoms with Crippen molar-refractivity contribution in [3.63, 3.8) is 0 Å². The zero-order valence-corrected chi connectivity index (χ0v) is 12.9. The standard InChI is InChI=1S/C15H14BrN3O2/c1-9-8-11(16)4-7-13(9)15(20)18-12-5-2-10(3-6-12)14(17)19-21/h2-8,21H,1H3,(H2,17,19)(H,18,20). The molecule has 0 saturated carbocycles. The molecule has 0 aliphatic rings. The van der Waals surface area contributed by atoms with Crippen molar-refractivity contribution in [2.24, 2.45) is 10.9 Å². The molecule has 0 aromatic heterocycles. The second kappa shape index (κ2) is 6.41. The molecule has 4 N–H and O–H groups in total. The molecule has 0 bridgehead atoms. The molecule has 2 aromatic carbocycles. The zero-order chi connectivity index (χ0) is 15.4. The molecular formula is C15H14BrN3O2. The van der Waals surface area contributed by atoms with Crippen molar-refractivity contribution >= 4 is 33.4 Å². The summed E-state index contributed by atoms with van der Waals surface area (Å²) in [7, 11) is 0. The molecule has 108 valence electrons. The van der Waals surface area contributed by atoms with Gasteiger partial charge in [-0.3, -0.25) is 4.79 Å². The van der Waals surface area contributed by atoms with Crippen LogP contribution in [0.4, 0.5) is 5.69 Å². The molecule has 21 heavy (non-hydrogen) atoms. The number of nitrogens with zero attached hydrogens (tertiary/aromatic N) is 1. The maximum atomic E-state index is 12.2. The summed E-state index contributed by atoms with van der Waals surface area (Å²) in [6.45, 7) is 1.88. The van der Waals surface area contributed by atoms with Crippen LogP contribution in [0.1, 0.15) is 21.5 Å². The minimum absolute atomic E-state index is 0.0247. The molecule has 0 unspecified atom stereocenters. The van der Waals surface area contributed by atoms with Crippen LogP contribution in [0.15, 0.2) is 52.1 Å². The van der Waals surface area contributed by atoms with Crippen LogP contribution in [-0.2, 0) is 0 Å². The first-order chi connectivity index (χ1) is 10.0. The maximum absolute atomic E-state index is 12.2. The predicted molar refractivity (Wildman–Crippen MR) is 85.8 cm³/mol. The number of benzene rings is 2. The highest BCUT2D eigenvalue weighted by molar-refractivity contribution is 9.10. The summed E-state index contributed by atoms with van der Waals surface area (Å²) in [6.07, 6.45) is 0. The molecule has 6 heteroatoms. The van der Waals surface area contributed by atoms with Crippen molar-refractivity contribution in [3.05, 3.63) is 63.6 Å². The molecule has 0 atom stereocenters. The van der Waals surface area contributed by atoms with Gasteiger partial charge in [-0.05, 0) is 55.0 Å². The molecule has 1 amide bonds. The molecule has 0 aliphatic heterocycles. The van der Waals surface area contributed by atoms with Crippen molar-refractivity contribution in [2.75, 3.05) is 5.32 Å². The highest BCUT2D eigenvalue weighted by atomic mass is 79.9. The first kappa shape index (κ1) is 15.1. The number of nitrogens with two attached hydrogens (primary N) is 1. The Balaban J connectivity index is 2.16. The average molecular weight is 348 g/mol. The zero-order valence-electron chi connectivity index (χ0n) is 11.3. The molecule has 2 aromatic rings. The maximum Gasteiger partial charge on any atom is 0.255 e. The molecule has 0 radical (unpaired) electrons. The number of oxime groups is 1. The first-order valence-corrected chi connectivity index (χ1v) is 6.96. The predicted octanol–water partition coefficient (Wildman–Crippen LogP) is 3.10. The second-order valence-corrected chi connectivity index (χ2v) is 5.39. The normalized spacial score (nSPS) is 11.2. The number of aryl methyl sites for hydroxylation is 1. The Bertz CT molecular complexity index is 697. The fraction of sp³-hybridized carbons (Fsp3) is 0.0667. The van der Waals surface area contributed by atoms with Gasteiger partial charge in [-0.1, -0.05) is 21.1 Å². The van der Waals surface area contributed by atoms with Gasteiger partial charge < -0.3 is 16.3 Å². The van der Waals surface area contributed by atoms with Crippen LogP contribution in [0.5, 0.6) is 0 Å². The van der Waals surface area contributed by atoms with Crippen LogP contribution >= 0.6 is 15.9 Å². The van der Waals surface area contributed by atoms with E-state index in [0.29, 0.717) is 16.8 Å². The minimum atomic E-state index is -0.184. The molecule has 0 spiro atoms. The van der Waals surface area contributed by atoms with Crippen molar-refractivity contribution in [1.82, 2.24) is 0 Å². The van der Waals surface area contributed by atoms with Gasteiger partial charge in [-0.25, -0.2) is 0 Å². The van der Waals surface area contributed by atoms with E-state index in [9.17, 15) is 4.79 Å². The summed E-state index contributed by atoms with van der Waals surface area (Å²) in [4.78, 5) is 12.2. The van der Waals surface area contributed by atoms with Gasteiger partial charge in [0.25, 0.3) is 5.91 Å². The number of anilines is 1. The van der Waals surface area contributed by atoms with Gasteiger partial charge in [0.1, 0.15) is 0 Å². The second-order valence-electron chi connectivity index (χ2n) is 4.48. The number of amidine groups is 1. The van der Waals surface area contributed by atoms with E-state index in [4.69, 9.17) is 10.9 Å². The lowest BCUT2D eigenvalue weighted by molar-refractivity contribution is 0.102. The van der Waals surface area contributed by atoms with Crippen LogP contribution in [0, 0.1) is 6.92 Å². The average Bonchev–Trinajstić information content (AvgIpc) is 2.47. The lowest BCUT2D eigenvalue weighted by atomic mass is 10.1. The summed E-state index contributed by atoms with van der Waals surface area (Å²) < 4.78 is 0.930. The van der Waals surface area contributed by atoms with Crippen molar-refractivity contribution in [3.8, 4) is 0 Å². The number of halogens is 1. The molecule has 0 saturated heterocycles. The van der Waals surface area contributed by atoms with E-state index in [1.165, 1.54) is 0 Å². The third-order valence-corrected chi connectivity index (χ3v) is 3.47. The topological polar surface area (TPSA) is 87.7 Å².